The van der Waals surface area contributed by atoms with Gasteiger partial charge in [0.1, 0.15) is 10.7 Å². The summed E-state index contributed by atoms with van der Waals surface area (Å²) in [6.07, 6.45) is 4.67. The van der Waals surface area contributed by atoms with Crippen molar-refractivity contribution in [3.05, 3.63) is 30.1 Å². The molecule has 1 N–H and O–H groups in total. The minimum atomic E-state index is -3.88. The van der Waals surface area contributed by atoms with Crippen LogP contribution >= 0.6 is 0 Å². The van der Waals surface area contributed by atoms with Gasteiger partial charge in [-0.2, -0.15) is 0 Å². The Morgan fingerprint density at radius 1 is 1.23 bits per heavy atom. The van der Waals surface area contributed by atoms with E-state index < -0.39 is 21.6 Å². The first-order chi connectivity index (χ1) is 10.5. The third-order valence-electron chi connectivity index (χ3n) is 4.16. The van der Waals surface area contributed by atoms with Crippen LogP contribution in [0.2, 0.25) is 0 Å². The number of nitrogens with one attached hydrogen (secondary N) is 1. The summed E-state index contributed by atoms with van der Waals surface area (Å²) < 4.78 is 51.9. The van der Waals surface area contributed by atoms with Crippen LogP contribution in [0.15, 0.2) is 29.2 Å². The van der Waals surface area contributed by atoms with Crippen molar-refractivity contribution < 1.29 is 22.3 Å². The van der Waals surface area contributed by atoms with Gasteiger partial charge >= 0.3 is 0 Å². The third-order valence-corrected chi connectivity index (χ3v) is 5.61. The van der Waals surface area contributed by atoms with Crippen molar-refractivity contribution in [3.63, 3.8) is 0 Å². The molecule has 0 amide bonds. The van der Waals surface area contributed by atoms with E-state index in [4.69, 9.17) is 9.47 Å². The highest BCUT2D eigenvalue weighted by atomic mass is 32.2. The van der Waals surface area contributed by atoms with Gasteiger partial charge in [0, 0.05) is 19.4 Å². The minimum Gasteiger partial charge on any atom is -0.347 e. The largest absolute Gasteiger partial charge is 0.347 e. The van der Waals surface area contributed by atoms with E-state index in [1.54, 1.807) is 0 Å². The van der Waals surface area contributed by atoms with Gasteiger partial charge in [0.25, 0.3) is 0 Å². The molecule has 0 unspecified atom stereocenters. The van der Waals surface area contributed by atoms with E-state index >= 15 is 0 Å². The number of halogens is 1. The molecular weight excluding hydrogens is 309 g/mol. The topological polar surface area (TPSA) is 64.6 Å². The summed E-state index contributed by atoms with van der Waals surface area (Å²) in [5.74, 6) is -1.30. The zero-order valence-corrected chi connectivity index (χ0v) is 13.1. The van der Waals surface area contributed by atoms with Gasteiger partial charge in [-0.1, -0.05) is 18.6 Å². The normalized spacial score (nSPS) is 24.7. The summed E-state index contributed by atoms with van der Waals surface area (Å²) in [7, 11) is -3.88. The van der Waals surface area contributed by atoms with E-state index in [9.17, 15) is 12.8 Å². The van der Waals surface area contributed by atoms with Crippen molar-refractivity contribution in [3.8, 4) is 0 Å². The lowest BCUT2D eigenvalue weighted by Gasteiger charge is -2.31. The highest BCUT2D eigenvalue weighted by Gasteiger charge is 2.42. The van der Waals surface area contributed by atoms with Crippen molar-refractivity contribution in [1.29, 1.82) is 0 Å². The van der Waals surface area contributed by atoms with Gasteiger partial charge in [-0.15, -0.1) is 0 Å². The van der Waals surface area contributed by atoms with Crippen molar-refractivity contribution in [2.45, 2.75) is 48.9 Å². The Kier molecular flexibility index (Phi) is 4.49. The van der Waals surface area contributed by atoms with Crippen molar-refractivity contribution in [2.24, 2.45) is 0 Å². The van der Waals surface area contributed by atoms with Crippen LogP contribution in [0, 0.1) is 5.82 Å². The van der Waals surface area contributed by atoms with Crippen LogP contribution in [-0.4, -0.2) is 33.5 Å². The van der Waals surface area contributed by atoms with Crippen LogP contribution in [0.1, 0.15) is 32.1 Å². The SMILES string of the molecule is O=S(=O)(NC[C@@H]1COC2(CCCCC2)O1)c1ccccc1F. The Hall–Kier alpha value is -1.02. The predicted molar refractivity (Wildman–Crippen MR) is 78.2 cm³/mol. The maximum Gasteiger partial charge on any atom is 0.243 e. The van der Waals surface area contributed by atoms with E-state index in [0.29, 0.717) is 6.61 Å². The summed E-state index contributed by atoms with van der Waals surface area (Å²) in [5, 5.41) is 0. The number of benzene rings is 1. The molecule has 2 fully saturated rings. The van der Waals surface area contributed by atoms with Gasteiger partial charge in [0.05, 0.1) is 12.7 Å². The number of sulfonamides is 1. The fourth-order valence-corrected chi connectivity index (χ4v) is 4.16. The molecule has 1 atom stereocenters. The summed E-state index contributed by atoms with van der Waals surface area (Å²) in [4.78, 5) is -0.346. The molecule has 1 saturated heterocycles. The molecule has 7 heteroatoms. The second-order valence-corrected chi connectivity index (χ2v) is 7.54. The zero-order chi connectivity index (χ0) is 15.6. The molecule has 1 heterocycles. The highest BCUT2D eigenvalue weighted by molar-refractivity contribution is 7.89. The Morgan fingerprint density at radius 2 is 1.95 bits per heavy atom. The average Bonchev–Trinajstić information content (AvgIpc) is 2.89. The molecule has 2 aliphatic rings. The number of hydrogen-bond donors (Lipinski definition) is 1. The molecule has 0 aromatic heterocycles. The van der Waals surface area contributed by atoms with Crippen LogP contribution in [0.4, 0.5) is 4.39 Å². The molecule has 0 bridgehead atoms. The van der Waals surface area contributed by atoms with E-state index in [2.05, 4.69) is 4.72 Å². The van der Waals surface area contributed by atoms with E-state index in [1.165, 1.54) is 24.6 Å². The first kappa shape index (κ1) is 15.9. The quantitative estimate of drug-likeness (QED) is 0.919. The molecule has 3 rings (SSSR count). The Bertz CT molecular complexity index is 628. The Morgan fingerprint density at radius 3 is 2.68 bits per heavy atom. The summed E-state index contributed by atoms with van der Waals surface area (Å²) in [6, 6.07) is 5.31. The van der Waals surface area contributed by atoms with E-state index in [-0.39, 0.29) is 17.5 Å². The van der Waals surface area contributed by atoms with Crippen LogP contribution in [0.25, 0.3) is 0 Å². The molecule has 1 saturated carbocycles. The minimum absolute atomic E-state index is 0.0818. The lowest BCUT2D eigenvalue weighted by atomic mass is 9.94. The lowest BCUT2D eigenvalue weighted by Crippen LogP contribution is -2.37. The molecular formula is C15H20FNO4S. The average molecular weight is 329 g/mol. The summed E-state index contributed by atoms with van der Waals surface area (Å²) in [5.41, 5.74) is 0. The number of ether oxygens (including phenoxy) is 2. The first-order valence-corrected chi connectivity index (χ1v) is 9.05. The molecule has 5 nitrogen and oxygen atoms in total. The van der Waals surface area contributed by atoms with Gasteiger partial charge in [0.2, 0.25) is 10.0 Å². The fraction of sp³-hybridized carbons (Fsp3) is 0.600. The molecule has 1 aliphatic carbocycles. The van der Waals surface area contributed by atoms with E-state index in [1.807, 2.05) is 0 Å². The summed E-state index contributed by atoms with van der Waals surface area (Å²) in [6.45, 7) is 0.443. The fourth-order valence-electron chi connectivity index (χ4n) is 3.01. The molecule has 122 valence electrons. The van der Waals surface area contributed by atoms with E-state index in [0.717, 1.165) is 31.7 Å². The van der Waals surface area contributed by atoms with Crippen molar-refractivity contribution in [1.82, 2.24) is 4.72 Å². The smallest absolute Gasteiger partial charge is 0.243 e. The van der Waals surface area contributed by atoms with Crippen LogP contribution < -0.4 is 4.72 Å². The number of hydrogen-bond acceptors (Lipinski definition) is 4. The van der Waals surface area contributed by atoms with Crippen molar-refractivity contribution >= 4 is 10.0 Å². The summed E-state index contributed by atoms with van der Waals surface area (Å²) >= 11 is 0. The van der Waals surface area contributed by atoms with Crippen LogP contribution in [0.5, 0.6) is 0 Å². The molecule has 1 aliphatic heterocycles. The van der Waals surface area contributed by atoms with Gasteiger partial charge < -0.3 is 9.47 Å². The second-order valence-electron chi connectivity index (χ2n) is 5.80. The van der Waals surface area contributed by atoms with Gasteiger partial charge in [-0.05, 0) is 25.0 Å². The Balaban J connectivity index is 1.60. The standard InChI is InChI=1S/C15H20FNO4S/c16-13-6-2-3-7-14(13)22(18,19)17-10-12-11-20-15(21-12)8-4-1-5-9-15/h2-3,6-7,12,17H,1,4-5,8-11H2/t12-/m1/s1. The zero-order valence-electron chi connectivity index (χ0n) is 12.3. The highest BCUT2D eigenvalue weighted by Crippen LogP contribution is 2.37. The first-order valence-electron chi connectivity index (χ1n) is 7.57. The maximum atomic E-state index is 13.6. The van der Waals surface area contributed by atoms with Gasteiger partial charge in [0.15, 0.2) is 5.79 Å². The monoisotopic (exact) mass is 329 g/mol. The van der Waals surface area contributed by atoms with Crippen LogP contribution in [0.3, 0.4) is 0 Å². The molecule has 1 aromatic carbocycles. The van der Waals surface area contributed by atoms with Gasteiger partial charge in [-0.25, -0.2) is 17.5 Å². The second kappa shape index (κ2) is 6.23. The number of rotatable bonds is 4. The molecule has 1 aromatic rings. The molecule has 22 heavy (non-hydrogen) atoms. The lowest BCUT2D eigenvalue weighted by molar-refractivity contribution is -0.186. The van der Waals surface area contributed by atoms with Crippen LogP contribution in [-0.2, 0) is 19.5 Å². The van der Waals surface area contributed by atoms with Gasteiger partial charge in [-0.3, -0.25) is 0 Å². The van der Waals surface area contributed by atoms with Crippen molar-refractivity contribution in [2.75, 3.05) is 13.2 Å². The Labute approximate surface area is 129 Å². The molecule has 0 radical (unpaired) electrons. The maximum absolute atomic E-state index is 13.6. The third kappa shape index (κ3) is 3.32. The molecule has 1 spiro atoms. The predicted octanol–water partition coefficient (Wildman–Crippen LogP) is 2.18.